The van der Waals surface area contributed by atoms with Crippen LogP contribution < -0.4 is 20.5 Å². The maximum absolute atomic E-state index is 11.0. The third-order valence-electron chi connectivity index (χ3n) is 5.73. The molecule has 3 heterocycles. The second-order valence-electron chi connectivity index (χ2n) is 8.10. The molecule has 1 fully saturated rings. The lowest BCUT2D eigenvalue weighted by Crippen LogP contribution is -2.32. The van der Waals surface area contributed by atoms with E-state index >= 15 is 0 Å². The molecule has 0 unspecified atom stereocenters. The number of nitrogens with zero attached hydrogens (tertiary/aromatic N) is 3. The van der Waals surface area contributed by atoms with Crippen molar-refractivity contribution in [3.05, 3.63) is 72.2 Å². The maximum Gasteiger partial charge on any atom is 0.255 e. The second-order valence-corrected chi connectivity index (χ2v) is 8.10. The van der Waals surface area contributed by atoms with Crippen molar-refractivity contribution in [2.75, 3.05) is 32.1 Å². The molecule has 3 N–H and O–H groups in total. The van der Waals surface area contributed by atoms with Crippen molar-refractivity contribution in [1.82, 2.24) is 14.9 Å². The summed E-state index contributed by atoms with van der Waals surface area (Å²) < 4.78 is 10.8. The number of carbonyl (C=O) groups is 1. The Morgan fingerprint density at radius 2 is 1.97 bits per heavy atom. The number of piperidine rings is 1. The topological polar surface area (TPSA) is 103 Å². The Labute approximate surface area is 193 Å². The van der Waals surface area contributed by atoms with Gasteiger partial charge < -0.3 is 20.5 Å². The number of likely N-dealkylation sites (tertiary alicyclic amines) is 1. The zero-order chi connectivity index (χ0) is 23.0. The first kappa shape index (κ1) is 22.5. The van der Waals surface area contributed by atoms with Gasteiger partial charge in [0.1, 0.15) is 5.82 Å². The molecule has 8 heteroatoms. The van der Waals surface area contributed by atoms with Crippen LogP contribution in [0, 0.1) is 0 Å². The predicted octanol–water partition coefficient (Wildman–Crippen LogP) is 3.47. The molecule has 0 bridgehead atoms. The number of hydrogen-bond acceptors (Lipinski definition) is 7. The Kier molecular flexibility index (Phi) is 7.36. The van der Waals surface area contributed by atoms with E-state index in [-0.39, 0.29) is 6.61 Å². The van der Waals surface area contributed by atoms with E-state index in [1.165, 1.54) is 0 Å². The molecular formula is C25H29N5O3. The normalized spacial score (nSPS) is 14.6. The summed E-state index contributed by atoms with van der Waals surface area (Å²) >= 11 is 0. The van der Waals surface area contributed by atoms with Crippen LogP contribution >= 0.6 is 0 Å². The van der Waals surface area contributed by atoms with E-state index in [1.54, 1.807) is 13.3 Å². The molecule has 0 saturated carbocycles. The van der Waals surface area contributed by atoms with Crippen molar-refractivity contribution >= 4 is 17.4 Å². The molecule has 3 aromatic rings. The summed E-state index contributed by atoms with van der Waals surface area (Å²) in [5, 5.41) is 3.27. The van der Waals surface area contributed by atoms with Crippen LogP contribution in [0.25, 0.3) is 0 Å². The highest BCUT2D eigenvalue weighted by atomic mass is 16.5. The van der Waals surface area contributed by atoms with Gasteiger partial charge in [0.25, 0.3) is 5.91 Å². The van der Waals surface area contributed by atoms with Crippen molar-refractivity contribution in [3.63, 3.8) is 0 Å². The summed E-state index contributed by atoms with van der Waals surface area (Å²) in [6, 6.07) is 15.7. The van der Waals surface area contributed by atoms with E-state index in [0.29, 0.717) is 17.4 Å². The minimum atomic E-state index is -0.516. The molecule has 2 aromatic heterocycles. The zero-order valence-corrected chi connectivity index (χ0v) is 18.7. The van der Waals surface area contributed by atoms with Gasteiger partial charge >= 0.3 is 0 Å². The van der Waals surface area contributed by atoms with Crippen LogP contribution in [0.4, 0.5) is 11.5 Å². The Balaban J connectivity index is 1.29. The van der Waals surface area contributed by atoms with Gasteiger partial charge in [0.2, 0.25) is 0 Å². The van der Waals surface area contributed by atoms with E-state index in [1.807, 2.05) is 42.6 Å². The second kappa shape index (κ2) is 10.8. The highest BCUT2D eigenvalue weighted by Gasteiger charge is 2.22. The van der Waals surface area contributed by atoms with E-state index < -0.39 is 5.91 Å². The monoisotopic (exact) mass is 447 g/mol. The molecule has 1 aliphatic rings. The molecular weight excluding hydrogens is 418 g/mol. The lowest BCUT2D eigenvalue weighted by molar-refractivity contribution is -0.119. The first-order valence-corrected chi connectivity index (χ1v) is 11.0. The first-order chi connectivity index (χ1) is 16.1. The smallest absolute Gasteiger partial charge is 0.255 e. The minimum absolute atomic E-state index is 0.169. The largest absolute Gasteiger partial charge is 0.493 e. The fraction of sp³-hybridized carbons (Fsp3) is 0.320. The molecule has 1 amide bonds. The van der Waals surface area contributed by atoms with Crippen LogP contribution in [0.15, 0.2) is 60.9 Å². The average molecular weight is 448 g/mol. The molecule has 172 valence electrons. The van der Waals surface area contributed by atoms with Crippen molar-refractivity contribution in [2.24, 2.45) is 5.73 Å². The van der Waals surface area contributed by atoms with Gasteiger partial charge in [-0.05, 0) is 67.9 Å². The Morgan fingerprint density at radius 3 is 2.64 bits per heavy atom. The molecule has 1 saturated heterocycles. The van der Waals surface area contributed by atoms with Gasteiger partial charge in [-0.15, -0.1) is 0 Å². The van der Waals surface area contributed by atoms with E-state index in [9.17, 15) is 4.79 Å². The van der Waals surface area contributed by atoms with Crippen molar-refractivity contribution < 1.29 is 14.3 Å². The quantitative estimate of drug-likeness (QED) is 0.518. The van der Waals surface area contributed by atoms with E-state index in [0.717, 1.165) is 55.2 Å². The average Bonchev–Trinajstić information content (AvgIpc) is 2.85. The number of pyridine rings is 2. The molecule has 1 aromatic carbocycles. The van der Waals surface area contributed by atoms with Crippen LogP contribution in [-0.4, -0.2) is 47.6 Å². The number of aromatic nitrogens is 2. The third kappa shape index (κ3) is 6.20. The molecule has 8 nitrogen and oxygen atoms in total. The van der Waals surface area contributed by atoms with Gasteiger partial charge in [0.15, 0.2) is 18.1 Å². The van der Waals surface area contributed by atoms with Gasteiger partial charge in [-0.1, -0.05) is 12.1 Å². The van der Waals surface area contributed by atoms with Crippen LogP contribution in [-0.2, 0) is 11.3 Å². The number of methoxy groups -OCH3 is 1. The van der Waals surface area contributed by atoms with Gasteiger partial charge in [-0.2, -0.15) is 0 Å². The number of amides is 1. The SMILES string of the molecule is COc1cc(CN2CCC(c3ccc(Nc4ccccn4)cn3)CC2)ccc1OCC(N)=O. The highest BCUT2D eigenvalue weighted by molar-refractivity contribution is 5.75. The maximum atomic E-state index is 11.0. The van der Waals surface area contributed by atoms with E-state index in [4.69, 9.17) is 20.2 Å². The van der Waals surface area contributed by atoms with Crippen molar-refractivity contribution in [1.29, 1.82) is 0 Å². The minimum Gasteiger partial charge on any atom is -0.493 e. The summed E-state index contributed by atoms with van der Waals surface area (Å²) in [7, 11) is 1.59. The van der Waals surface area contributed by atoms with Crippen LogP contribution in [0.3, 0.4) is 0 Å². The Morgan fingerprint density at radius 1 is 1.12 bits per heavy atom. The fourth-order valence-corrected chi connectivity index (χ4v) is 4.03. The number of ether oxygens (including phenoxy) is 2. The number of anilines is 2. The number of nitrogens with two attached hydrogens (primary N) is 1. The lowest BCUT2D eigenvalue weighted by atomic mass is 9.92. The zero-order valence-electron chi connectivity index (χ0n) is 18.7. The number of primary amides is 1. The molecule has 0 spiro atoms. The number of benzene rings is 1. The van der Waals surface area contributed by atoms with Gasteiger partial charge in [-0.3, -0.25) is 14.7 Å². The molecule has 33 heavy (non-hydrogen) atoms. The predicted molar refractivity (Wildman–Crippen MR) is 127 cm³/mol. The van der Waals surface area contributed by atoms with Gasteiger partial charge in [0.05, 0.1) is 19.0 Å². The van der Waals surface area contributed by atoms with Crippen molar-refractivity contribution in [3.8, 4) is 11.5 Å². The highest BCUT2D eigenvalue weighted by Crippen LogP contribution is 2.31. The first-order valence-electron chi connectivity index (χ1n) is 11.0. The van der Waals surface area contributed by atoms with Gasteiger partial charge in [0, 0.05) is 24.4 Å². The van der Waals surface area contributed by atoms with Crippen LogP contribution in [0.1, 0.15) is 30.0 Å². The third-order valence-corrected chi connectivity index (χ3v) is 5.73. The summed E-state index contributed by atoms with van der Waals surface area (Å²) in [6.07, 6.45) is 5.78. The number of carbonyl (C=O) groups excluding carboxylic acids is 1. The van der Waals surface area contributed by atoms with Crippen molar-refractivity contribution in [2.45, 2.75) is 25.3 Å². The summed E-state index contributed by atoms with van der Waals surface area (Å²) in [5.74, 6) is 1.88. The summed E-state index contributed by atoms with van der Waals surface area (Å²) in [4.78, 5) is 22.4. The molecule has 0 atom stereocenters. The Hall–Kier alpha value is -3.65. The van der Waals surface area contributed by atoms with Crippen LogP contribution in [0.2, 0.25) is 0 Å². The summed E-state index contributed by atoms with van der Waals surface area (Å²) in [6.45, 7) is 2.67. The van der Waals surface area contributed by atoms with Crippen LogP contribution in [0.5, 0.6) is 11.5 Å². The molecule has 1 aliphatic heterocycles. The van der Waals surface area contributed by atoms with E-state index in [2.05, 4.69) is 27.3 Å². The number of nitrogens with one attached hydrogen (secondary N) is 1. The molecule has 0 radical (unpaired) electrons. The fourth-order valence-electron chi connectivity index (χ4n) is 4.03. The lowest BCUT2D eigenvalue weighted by Gasteiger charge is -2.31. The standard InChI is InChI=1S/C25H29N5O3/c1-32-23-14-18(5-8-22(23)33-17-24(26)31)16-30-12-9-19(10-13-30)21-7-6-20(15-28-21)29-25-4-2-3-11-27-25/h2-8,11,14-15,19H,9-10,12-13,16-17H2,1H3,(H2,26,31)(H,27,29). The molecule has 4 rings (SSSR count). The molecule has 0 aliphatic carbocycles. The number of rotatable bonds is 9. The van der Waals surface area contributed by atoms with Gasteiger partial charge in [-0.25, -0.2) is 4.98 Å². The summed E-state index contributed by atoms with van der Waals surface area (Å²) in [5.41, 5.74) is 8.37. The Bertz CT molecular complexity index is 1050. The number of hydrogen-bond donors (Lipinski definition) is 2.